The Labute approximate surface area is 244 Å². The first-order chi connectivity index (χ1) is 19.7. The highest BCUT2D eigenvalue weighted by Gasteiger charge is 2.40. The standard InChI is InChI=1S/C32H35FN4O5/c1-31(2,3)37(30(41)42)26-17-12-22(20-8-13-23(33)14-9-20)19-25(26)35-28(39)21-10-15-24(16-11-21)34-29(40)32(4,5)36-18-6-7-27(36)38/h8-17,19H,6-7,18H2,1-5H3,(H,34,40)(H,35,39)(H,41,42). The predicted octanol–water partition coefficient (Wildman–Crippen LogP) is 6.37. The number of carboxylic acid groups (broad SMARTS) is 1. The summed E-state index contributed by atoms with van der Waals surface area (Å²) in [6.07, 6.45) is -0.0470. The summed E-state index contributed by atoms with van der Waals surface area (Å²) in [6.45, 7) is 9.15. The summed E-state index contributed by atoms with van der Waals surface area (Å²) in [5, 5.41) is 15.7. The third kappa shape index (κ3) is 6.43. The summed E-state index contributed by atoms with van der Waals surface area (Å²) in [4.78, 5) is 53.5. The van der Waals surface area contributed by atoms with Gasteiger partial charge in [-0.2, -0.15) is 0 Å². The highest BCUT2D eigenvalue weighted by molar-refractivity contribution is 6.08. The molecule has 42 heavy (non-hydrogen) atoms. The van der Waals surface area contributed by atoms with Crippen LogP contribution in [0, 0.1) is 5.82 Å². The number of rotatable bonds is 7. The quantitative estimate of drug-likeness (QED) is 0.303. The fourth-order valence-electron chi connectivity index (χ4n) is 4.95. The van der Waals surface area contributed by atoms with E-state index in [0.717, 1.165) is 0 Å². The van der Waals surface area contributed by atoms with Crippen molar-refractivity contribution in [2.75, 3.05) is 22.1 Å². The average molecular weight is 575 g/mol. The van der Waals surface area contributed by atoms with Crippen molar-refractivity contribution in [3.8, 4) is 11.1 Å². The Morgan fingerprint density at radius 2 is 1.50 bits per heavy atom. The van der Waals surface area contributed by atoms with Gasteiger partial charge in [-0.05, 0) is 101 Å². The van der Waals surface area contributed by atoms with Crippen molar-refractivity contribution >= 4 is 40.9 Å². The molecule has 4 amide bonds. The molecular weight excluding hydrogens is 539 g/mol. The van der Waals surface area contributed by atoms with Crippen molar-refractivity contribution in [3.63, 3.8) is 0 Å². The van der Waals surface area contributed by atoms with E-state index in [0.29, 0.717) is 36.2 Å². The lowest BCUT2D eigenvalue weighted by Crippen LogP contribution is -2.53. The lowest BCUT2D eigenvalue weighted by Gasteiger charge is -2.34. The van der Waals surface area contributed by atoms with Crippen molar-refractivity contribution in [2.24, 2.45) is 0 Å². The molecule has 10 heteroatoms. The zero-order valence-electron chi connectivity index (χ0n) is 24.3. The molecule has 1 saturated heterocycles. The Hall–Kier alpha value is -4.73. The third-order valence-corrected chi connectivity index (χ3v) is 7.23. The second kappa shape index (κ2) is 11.6. The van der Waals surface area contributed by atoms with Gasteiger partial charge in [0.25, 0.3) is 5.91 Å². The molecule has 0 unspecified atom stereocenters. The Balaban J connectivity index is 1.59. The predicted molar refractivity (Wildman–Crippen MR) is 160 cm³/mol. The highest BCUT2D eigenvalue weighted by atomic mass is 19.1. The number of nitrogens with zero attached hydrogens (tertiary/aromatic N) is 2. The van der Waals surface area contributed by atoms with Crippen LogP contribution in [0.25, 0.3) is 11.1 Å². The molecule has 0 aromatic heterocycles. The van der Waals surface area contributed by atoms with Gasteiger partial charge in [-0.25, -0.2) is 9.18 Å². The number of halogens is 1. The largest absolute Gasteiger partial charge is 0.465 e. The van der Waals surface area contributed by atoms with Crippen LogP contribution in [0.3, 0.4) is 0 Å². The molecule has 0 radical (unpaired) electrons. The molecule has 3 aromatic carbocycles. The second-order valence-corrected chi connectivity index (χ2v) is 11.7. The van der Waals surface area contributed by atoms with Crippen LogP contribution in [0.4, 0.5) is 26.2 Å². The molecule has 9 nitrogen and oxygen atoms in total. The number of anilines is 3. The minimum absolute atomic E-state index is 0.0574. The molecule has 220 valence electrons. The lowest BCUT2D eigenvalue weighted by atomic mass is 10.0. The first-order valence-corrected chi connectivity index (χ1v) is 13.6. The Bertz CT molecular complexity index is 1510. The number of benzene rings is 3. The van der Waals surface area contributed by atoms with E-state index in [2.05, 4.69) is 10.6 Å². The third-order valence-electron chi connectivity index (χ3n) is 7.23. The molecule has 3 aromatic rings. The number of hydrogen-bond donors (Lipinski definition) is 3. The van der Waals surface area contributed by atoms with Crippen molar-refractivity contribution < 1.29 is 28.7 Å². The molecule has 3 N–H and O–H groups in total. The van der Waals surface area contributed by atoms with Gasteiger partial charge in [0.15, 0.2) is 0 Å². The first-order valence-electron chi connectivity index (χ1n) is 13.6. The first kappa shape index (κ1) is 30.2. The van der Waals surface area contributed by atoms with Crippen LogP contribution in [0.1, 0.15) is 57.8 Å². The van der Waals surface area contributed by atoms with E-state index in [1.165, 1.54) is 17.0 Å². The average Bonchev–Trinajstić information content (AvgIpc) is 3.36. The van der Waals surface area contributed by atoms with Gasteiger partial charge < -0.3 is 20.6 Å². The summed E-state index contributed by atoms with van der Waals surface area (Å²) >= 11 is 0. The van der Waals surface area contributed by atoms with Gasteiger partial charge in [-0.3, -0.25) is 19.3 Å². The van der Waals surface area contributed by atoms with Crippen LogP contribution >= 0.6 is 0 Å². The molecule has 1 heterocycles. The molecule has 0 spiro atoms. The van der Waals surface area contributed by atoms with E-state index < -0.39 is 23.1 Å². The number of nitrogens with one attached hydrogen (secondary N) is 2. The summed E-state index contributed by atoms with van der Waals surface area (Å²) in [7, 11) is 0. The van der Waals surface area contributed by atoms with E-state index in [9.17, 15) is 28.7 Å². The van der Waals surface area contributed by atoms with Gasteiger partial charge in [-0.1, -0.05) is 18.2 Å². The van der Waals surface area contributed by atoms with Gasteiger partial charge in [0.05, 0.1) is 11.4 Å². The van der Waals surface area contributed by atoms with Gasteiger partial charge in [0, 0.05) is 29.8 Å². The number of carbonyl (C=O) groups is 4. The topological polar surface area (TPSA) is 119 Å². The molecular formula is C32H35FN4O5. The zero-order valence-corrected chi connectivity index (χ0v) is 24.3. The summed E-state index contributed by atoms with van der Waals surface area (Å²) in [6, 6.07) is 17.1. The van der Waals surface area contributed by atoms with Crippen LogP contribution in [0.15, 0.2) is 66.7 Å². The van der Waals surface area contributed by atoms with Crippen molar-refractivity contribution in [3.05, 3.63) is 78.1 Å². The van der Waals surface area contributed by atoms with E-state index >= 15 is 0 Å². The molecule has 0 aliphatic carbocycles. The van der Waals surface area contributed by atoms with Crippen LogP contribution in [-0.4, -0.2) is 51.4 Å². The maximum Gasteiger partial charge on any atom is 0.412 e. The van der Waals surface area contributed by atoms with Crippen LogP contribution in [0.5, 0.6) is 0 Å². The van der Waals surface area contributed by atoms with E-state index in [-0.39, 0.29) is 34.6 Å². The summed E-state index contributed by atoms with van der Waals surface area (Å²) in [5.74, 6) is -1.28. The number of hydrogen-bond acceptors (Lipinski definition) is 4. The minimum Gasteiger partial charge on any atom is -0.465 e. The molecule has 1 aliphatic rings. The Morgan fingerprint density at radius 3 is 2.05 bits per heavy atom. The molecule has 1 aliphatic heterocycles. The van der Waals surface area contributed by atoms with Crippen molar-refractivity contribution in [1.82, 2.24) is 4.90 Å². The SMILES string of the molecule is CC(C)(C)N(C(=O)O)c1ccc(-c2ccc(F)cc2)cc1NC(=O)c1ccc(NC(=O)C(C)(C)N2CCCC2=O)cc1. The number of carbonyl (C=O) groups excluding carboxylic acids is 3. The Morgan fingerprint density at radius 1 is 0.881 bits per heavy atom. The van der Waals surface area contributed by atoms with Crippen molar-refractivity contribution in [2.45, 2.75) is 58.5 Å². The lowest BCUT2D eigenvalue weighted by molar-refractivity contribution is -0.139. The second-order valence-electron chi connectivity index (χ2n) is 11.7. The highest BCUT2D eigenvalue weighted by Crippen LogP contribution is 2.36. The monoisotopic (exact) mass is 574 g/mol. The number of amides is 4. The van der Waals surface area contributed by atoms with E-state index in [1.54, 1.807) is 94.1 Å². The van der Waals surface area contributed by atoms with Gasteiger partial charge in [0.2, 0.25) is 11.8 Å². The van der Waals surface area contributed by atoms with Gasteiger partial charge in [0.1, 0.15) is 11.4 Å². The fraction of sp³-hybridized carbons (Fsp3) is 0.312. The zero-order chi connectivity index (χ0) is 30.8. The smallest absolute Gasteiger partial charge is 0.412 e. The summed E-state index contributed by atoms with van der Waals surface area (Å²) in [5.41, 5.74) is 0.762. The number of likely N-dealkylation sites (tertiary alicyclic amines) is 1. The Kier molecular flexibility index (Phi) is 8.38. The van der Waals surface area contributed by atoms with E-state index in [4.69, 9.17) is 0 Å². The van der Waals surface area contributed by atoms with Gasteiger partial charge >= 0.3 is 6.09 Å². The fourth-order valence-corrected chi connectivity index (χ4v) is 4.95. The van der Waals surface area contributed by atoms with Gasteiger partial charge in [-0.15, -0.1) is 0 Å². The summed E-state index contributed by atoms with van der Waals surface area (Å²) < 4.78 is 13.5. The molecule has 0 saturated carbocycles. The maximum atomic E-state index is 13.5. The maximum absolute atomic E-state index is 13.5. The molecule has 4 rings (SSSR count). The normalized spacial score (nSPS) is 13.6. The van der Waals surface area contributed by atoms with Crippen LogP contribution in [0.2, 0.25) is 0 Å². The van der Waals surface area contributed by atoms with Crippen LogP contribution < -0.4 is 15.5 Å². The minimum atomic E-state index is -1.19. The molecule has 0 bridgehead atoms. The van der Waals surface area contributed by atoms with Crippen molar-refractivity contribution in [1.29, 1.82) is 0 Å². The van der Waals surface area contributed by atoms with Crippen LogP contribution in [-0.2, 0) is 9.59 Å². The molecule has 0 atom stereocenters. The van der Waals surface area contributed by atoms with E-state index in [1.807, 2.05) is 0 Å². The molecule has 1 fully saturated rings.